The fourth-order valence-electron chi connectivity index (χ4n) is 4.04. The fourth-order valence-corrected chi connectivity index (χ4v) is 4.04. The van der Waals surface area contributed by atoms with Gasteiger partial charge in [0.05, 0.1) is 31.5 Å². The highest BCUT2D eigenvalue weighted by Gasteiger charge is 2.51. The summed E-state index contributed by atoms with van der Waals surface area (Å²) in [7, 11) is 1.18. The van der Waals surface area contributed by atoms with Gasteiger partial charge in [-0.3, -0.25) is 9.69 Å². The molecule has 3 N–H and O–H groups in total. The van der Waals surface area contributed by atoms with Gasteiger partial charge in [0.25, 0.3) is 11.8 Å². The smallest absolute Gasteiger partial charge is 0.418 e. The number of amides is 2. The van der Waals surface area contributed by atoms with E-state index in [9.17, 15) is 31.5 Å². The number of nitrogens with one attached hydrogen (secondary N) is 1. The highest BCUT2D eigenvalue weighted by molar-refractivity contribution is 5.98. The molecule has 39 heavy (non-hydrogen) atoms. The molecule has 210 valence electrons. The maximum Gasteiger partial charge on any atom is 0.418 e. The number of anilines is 1. The molecular weight excluding hydrogens is 533 g/mol. The highest BCUT2D eigenvalue weighted by Crippen LogP contribution is 2.39. The van der Waals surface area contributed by atoms with Crippen LogP contribution in [0.15, 0.2) is 24.7 Å². The number of hydrogen-bond donors (Lipinski definition) is 2. The zero-order chi connectivity index (χ0) is 28.9. The van der Waals surface area contributed by atoms with Crippen molar-refractivity contribution in [2.75, 3.05) is 25.9 Å². The second-order valence-electron chi connectivity index (χ2n) is 9.78. The monoisotopic (exact) mass is 557 g/mol. The van der Waals surface area contributed by atoms with E-state index in [0.29, 0.717) is 0 Å². The van der Waals surface area contributed by atoms with Crippen molar-refractivity contribution in [2.24, 2.45) is 0 Å². The van der Waals surface area contributed by atoms with E-state index in [0.717, 1.165) is 34.1 Å². The molecule has 0 saturated carbocycles. The van der Waals surface area contributed by atoms with E-state index in [1.54, 1.807) is 20.8 Å². The predicted octanol–water partition coefficient (Wildman–Crippen LogP) is 3.39. The number of likely N-dealkylation sites (tertiary alicyclic amines) is 1. The Morgan fingerprint density at radius 3 is 2.49 bits per heavy atom. The normalized spacial score (nSPS) is 17.4. The summed E-state index contributed by atoms with van der Waals surface area (Å²) in [6, 6.07) is 0.0968. The summed E-state index contributed by atoms with van der Waals surface area (Å²) in [6.45, 7) is 3.21. The van der Waals surface area contributed by atoms with Gasteiger partial charge in [0.15, 0.2) is 5.82 Å². The molecule has 1 atom stereocenters. The molecule has 4 heterocycles. The number of halogens is 5. The largest absolute Gasteiger partial charge is 0.480 e. The summed E-state index contributed by atoms with van der Waals surface area (Å²) < 4.78 is 81.7. The van der Waals surface area contributed by atoms with E-state index in [1.807, 2.05) is 0 Å². The Bertz CT molecular complexity index is 1430. The summed E-state index contributed by atoms with van der Waals surface area (Å²) >= 11 is 0. The Morgan fingerprint density at radius 2 is 1.87 bits per heavy atom. The standard InChI is InChI=1S/C23H24F5N7O4/c1-21(2,3)39-20(37)34-8-15(22(24,25)9-34)33-18(36)12-5-11(7-30-19(12)38-4)14-6-13(23(26,27)28)16-17(29)31-10-32-35(14)16/h5-7,10,15H,8-9H2,1-4H3,(H,33,36)(H2,29,31,32). The summed E-state index contributed by atoms with van der Waals surface area (Å²) in [5.74, 6) is -5.25. The van der Waals surface area contributed by atoms with Crippen molar-refractivity contribution in [1.29, 1.82) is 0 Å². The molecule has 1 aliphatic rings. The second-order valence-corrected chi connectivity index (χ2v) is 9.78. The third kappa shape index (κ3) is 5.49. The number of methoxy groups -OCH3 is 1. The number of carbonyl (C=O) groups excluding carboxylic acids is 2. The van der Waals surface area contributed by atoms with Crippen molar-refractivity contribution >= 4 is 23.3 Å². The second kappa shape index (κ2) is 9.50. The van der Waals surface area contributed by atoms with Crippen LogP contribution < -0.4 is 15.8 Å². The van der Waals surface area contributed by atoms with Gasteiger partial charge >= 0.3 is 12.3 Å². The quantitative estimate of drug-likeness (QED) is 0.466. The van der Waals surface area contributed by atoms with Gasteiger partial charge in [0.1, 0.15) is 29.1 Å². The third-order valence-corrected chi connectivity index (χ3v) is 5.74. The highest BCUT2D eigenvalue weighted by atomic mass is 19.4. The summed E-state index contributed by atoms with van der Waals surface area (Å²) in [5, 5.41) is 6.01. The number of nitrogens with zero attached hydrogens (tertiary/aromatic N) is 5. The molecule has 11 nitrogen and oxygen atoms in total. The van der Waals surface area contributed by atoms with E-state index in [2.05, 4.69) is 20.4 Å². The number of nitrogens with two attached hydrogens (primary N) is 1. The van der Waals surface area contributed by atoms with Crippen LogP contribution in [0.1, 0.15) is 36.7 Å². The molecule has 4 rings (SSSR count). The van der Waals surface area contributed by atoms with Crippen molar-refractivity contribution in [2.45, 2.75) is 44.5 Å². The minimum Gasteiger partial charge on any atom is -0.480 e. The van der Waals surface area contributed by atoms with Crippen LogP contribution in [0.5, 0.6) is 5.88 Å². The minimum absolute atomic E-state index is 0.0156. The van der Waals surface area contributed by atoms with Crippen LogP contribution in [0.3, 0.4) is 0 Å². The van der Waals surface area contributed by atoms with Crippen LogP contribution in [-0.4, -0.2) is 74.2 Å². The van der Waals surface area contributed by atoms with Gasteiger partial charge in [0, 0.05) is 11.8 Å². The summed E-state index contributed by atoms with van der Waals surface area (Å²) in [4.78, 5) is 33.7. The topological polar surface area (TPSA) is 137 Å². The van der Waals surface area contributed by atoms with E-state index < -0.39 is 65.7 Å². The number of alkyl halides is 5. The molecule has 0 spiro atoms. The zero-order valence-corrected chi connectivity index (χ0v) is 21.1. The van der Waals surface area contributed by atoms with Crippen molar-refractivity contribution in [1.82, 2.24) is 29.8 Å². The molecule has 1 saturated heterocycles. The molecule has 3 aromatic heterocycles. The number of fused-ring (bicyclic) bond motifs is 1. The number of nitrogen functional groups attached to an aromatic ring is 1. The first-order chi connectivity index (χ1) is 18.0. The van der Waals surface area contributed by atoms with Crippen molar-refractivity contribution in [3.63, 3.8) is 0 Å². The van der Waals surface area contributed by atoms with Crippen molar-refractivity contribution in [3.05, 3.63) is 35.8 Å². The molecule has 1 fully saturated rings. The van der Waals surface area contributed by atoms with Crippen molar-refractivity contribution in [3.8, 4) is 17.1 Å². The average molecular weight is 557 g/mol. The van der Waals surface area contributed by atoms with Crippen molar-refractivity contribution < 1.29 is 41.0 Å². The first kappa shape index (κ1) is 27.8. The summed E-state index contributed by atoms with van der Waals surface area (Å²) in [5.41, 5.74) is 2.63. The van der Waals surface area contributed by atoms with Crippen LogP contribution in [0.25, 0.3) is 16.8 Å². The predicted molar refractivity (Wildman–Crippen MR) is 126 cm³/mol. The van der Waals surface area contributed by atoms with Gasteiger partial charge in [-0.1, -0.05) is 0 Å². The Hall–Kier alpha value is -4.24. The van der Waals surface area contributed by atoms with Gasteiger partial charge in [-0.15, -0.1) is 0 Å². The number of hydrogen-bond acceptors (Lipinski definition) is 8. The van der Waals surface area contributed by atoms with Gasteiger partial charge in [-0.2, -0.15) is 18.3 Å². The Labute approximate surface area is 218 Å². The molecule has 0 radical (unpaired) electrons. The zero-order valence-electron chi connectivity index (χ0n) is 21.1. The molecule has 0 aromatic carbocycles. The lowest BCUT2D eigenvalue weighted by molar-refractivity contribution is -0.136. The van der Waals surface area contributed by atoms with Crippen LogP contribution in [0.2, 0.25) is 0 Å². The first-order valence-corrected chi connectivity index (χ1v) is 11.4. The lowest BCUT2D eigenvalue weighted by Gasteiger charge is -2.24. The van der Waals surface area contributed by atoms with Crippen LogP contribution in [0, 0.1) is 0 Å². The van der Waals surface area contributed by atoms with E-state index in [-0.39, 0.29) is 22.7 Å². The average Bonchev–Trinajstić information content (AvgIpc) is 3.36. The van der Waals surface area contributed by atoms with Gasteiger partial charge in [-0.05, 0) is 32.9 Å². The van der Waals surface area contributed by atoms with Gasteiger partial charge < -0.3 is 20.5 Å². The SMILES string of the molecule is COc1ncc(-c2cc(C(F)(F)F)c3c(N)ncnn23)cc1C(=O)NC1CN(C(=O)OC(C)(C)C)CC1(F)F. The van der Waals surface area contributed by atoms with Crippen LogP contribution in [-0.2, 0) is 10.9 Å². The minimum atomic E-state index is -4.81. The molecular formula is C23H24F5N7O4. The first-order valence-electron chi connectivity index (χ1n) is 11.4. The molecule has 16 heteroatoms. The molecule has 0 aliphatic carbocycles. The van der Waals surface area contributed by atoms with Gasteiger partial charge in [-0.25, -0.2) is 28.1 Å². The maximum absolute atomic E-state index is 14.7. The maximum atomic E-state index is 14.7. The number of carbonyl (C=O) groups is 2. The molecule has 0 bridgehead atoms. The van der Waals surface area contributed by atoms with E-state index >= 15 is 0 Å². The fraction of sp³-hybridized carbons (Fsp3) is 0.435. The van der Waals surface area contributed by atoms with E-state index in [4.69, 9.17) is 15.2 Å². The Kier molecular flexibility index (Phi) is 6.77. The van der Waals surface area contributed by atoms with Crippen LogP contribution >= 0.6 is 0 Å². The Morgan fingerprint density at radius 1 is 1.18 bits per heavy atom. The number of pyridine rings is 1. The lowest BCUT2D eigenvalue weighted by atomic mass is 10.1. The molecule has 2 amide bonds. The molecule has 3 aromatic rings. The third-order valence-electron chi connectivity index (χ3n) is 5.74. The van der Waals surface area contributed by atoms with Gasteiger partial charge in [0.2, 0.25) is 5.88 Å². The molecule has 1 aliphatic heterocycles. The van der Waals surface area contributed by atoms with E-state index in [1.165, 1.54) is 7.11 Å². The number of rotatable bonds is 4. The molecule has 1 unspecified atom stereocenters. The van der Waals surface area contributed by atoms with Crippen LogP contribution in [0.4, 0.5) is 32.6 Å². The lowest BCUT2D eigenvalue weighted by Crippen LogP contribution is -2.46. The Balaban J connectivity index is 1.67. The number of aromatic nitrogens is 4. The number of ether oxygens (including phenoxy) is 2. The summed E-state index contributed by atoms with van der Waals surface area (Å²) in [6.07, 6.45) is -3.70.